The average molecular weight is 365 g/mol. The van der Waals surface area contributed by atoms with E-state index in [1.807, 2.05) is 0 Å². The summed E-state index contributed by atoms with van der Waals surface area (Å²) in [7, 11) is 0. The SMILES string of the molecule is O=C(COC(=O)c1ccc(Cl)cc1)NC(=O)NCCC1=CCCCC1. The minimum Gasteiger partial charge on any atom is -0.452 e. The molecule has 0 aliphatic heterocycles. The monoisotopic (exact) mass is 364 g/mol. The number of carbonyl (C=O) groups is 3. The lowest BCUT2D eigenvalue weighted by Crippen LogP contribution is -2.41. The number of carbonyl (C=O) groups excluding carboxylic acids is 3. The van der Waals surface area contributed by atoms with E-state index in [1.165, 1.54) is 30.5 Å². The Morgan fingerprint density at radius 3 is 2.56 bits per heavy atom. The molecule has 0 spiro atoms. The van der Waals surface area contributed by atoms with Crippen LogP contribution in [0.2, 0.25) is 5.02 Å². The van der Waals surface area contributed by atoms with E-state index in [9.17, 15) is 14.4 Å². The van der Waals surface area contributed by atoms with Crippen molar-refractivity contribution in [3.8, 4) is 0 Å². The quantitative estimate of drug-likeness (QED) is 0.599. The van der Waals surface area contributed by atoms with Crippen molar-refractivity contribution >= 4 is 29.5 Å². The first-order valence-corrected chi connectivity index (χ1v) is 8.60. The fourth-order valence-corrected chi connectivity index (χ4v) is 2.60. The maximum Gasteiger partial charge on any atom is 0.338 e. The largest absolute Gasteiger partial charge is 0.452 e. The molecule has 1 aliphatic carbocycles. The number of urea groups is 1. The van der Waals surface area contributed by atoms with Crippen molar-refractivity contribution in [2.75, 3.05) is 13.2 Å². The molecule has 7 heteroatoms. The van der Waals surface area contributed by atoms with Crippen molar-refractivity contribution in [3.63, 3.8) is 0 Å². The Kier molecular flexibility index (Phi) is 7.47. The van der Waals surface area contributed by atoms with Crippen LogP contribution in [0.3, 0.4) is 0 Å². The first-order chi connectivity index (χ1) is 12.0. The normalized spacial score (nSPS) is 13.6. The second kappa shape index (κ2) is 9.84. The molecule has 1 aromatic carbocycles. The van der Waals surface area contributed by atoms with Gasteiger partial charge in [0, 0.05) is 11.6 Å². The van der Waals surface area contributed by atoms with Crippen molar-refractivity contribution in [1.82, 2.24) is 10.6 Å². The summed E-state index contributed by atoms with van der Waals surface area (Å²) in [5.41, 5.74) is 1.62. The summed E-state index contributed by atoms with van der Waals surface area (Å²) in [6.45, 7) is -0.0600. The molecule has 25 heavy (non-hydrogen) atoms. The molecule has 0 saturated carbocycles. The van der Waals surface area contributed by atoms with Crippen molar-refractivity contribution in [2.45, 2.75) is 32.1 Å². The summed E-state index contributed by atoms with van der Waals surface area (Å²) in [5.74, 6) is -1.34. The van der Waals surface area contributed by atoms with Crippen molar-refractivity contribution < 1.29 is 19.1 Å². The van der Waals surface area contributed by atoms with Gasteiger partial charge in [0.2, 0.25) is 0 Å². The van der Waals surface area contributed by atoms with Gasteiger partial charge in [-0.3, -0.25) is 10.1 Å². The maximum atomic E-state index is 11.7. The van der Waals surface area contributed by atoms with E-state index < -0.39 is 24.5 Å². The number of hydrogen-bond acceptors (Lipinski definition) is 4. The Hall–Kier alpha value is -2.34. The Bertz CT molecular complexity index is 656. The molecule has 3 amide bonds. The zero-order valence-corrected chi connectivity index (χ0v) is 14.6. The lowest BCUT2D eigenvalue weighted by Gasteiger charge is -2.13. The fraction of sp³-hybridized carbons (Fsp3) is 0.389. The fourth-order valence-electron chi connectivity index (χ4n) is 2.48. The molecule has 6 nitrogen and oxygen atoms in total. The predicted molar refractivity (Wildman–Crippen MR) is 94.4 cm³/mol. The van der Waals surface area contributed by atoms with Gasteiger partial charge >= 0.3 is 12.0 Å². The number of rotatable bonds is 6. The van der Waals surface area contributed by atoms with Crippen LogP contribution in [0.15, 0.2) is 35.9 Å². The van der Waals surface area contributed by atoms with E-state index in [4.69, 9.17) is 16.3 Å². The van der Waals surface area contributed by atoms with Crippen molar-refractivity contribution in [1.29, 1.82) is 0 Å². The first-order valence-electron chi connectivity index (χ1n) is 8.23. The third-order valence-corrected chi connectivity index (χ3v) is 4.04. The van der Waals surface area contributed by atoms with Gasteiger partial charge < -0.3 is 10.1 Å². The molecule has 0 unspecified atom stereocenters. The minimum absolute atomic E-state index is 0.280. The zero-order chi connectivity index (χ0) is 18.1. The van der Waals surface area contributed by atoms with Crippen LogP contribution in [0.1, 0.15) is 42.5 Å². The number of nitrogens with one attached hydrogen (secondary N) is 2. The van der Waals surface area contributed by atoms with Gasteiger partial charge in [0.1, 0.15) is 0 Å². The average Bonchev–Trinajstić information content (AvgIpc) is 2.61. The summed E-state index contributed by atoms with van der Waals surface area (Å²) >= 11 is 5.73. The predicted octanol–water partition coefficient (Wildman–Crippen LogP) is 3.21. The van der Waals surface area contributed by atoms with Crippen LogP contribution in [0.4, 0.5) is 4.79 Å². The lowest BCUT2D eigenvalue weighted by atomic mass is 9.97. The molecule has 0 heterocycles. The number of hydrogen-bond donors (Lipinski definition) is 2. The number of imide groups is 1. The first kappa shape index (κ1) is 19.0. The lowest BCUT2D eigenvalue weighted by molar-refractivity contribution is -0.123. The van der Waals surface area contributed by atoms with Crippen LogP contribution in [-0.2, 0) is 9.53 Å². The molecule has 0 bridgehead atoms. The van der Waals surface area contributed by atoms with E-state index in [1.54, 1.807) is 12.1 Å². The van der Waals surface area contributed by atoms with Gasteiger partial charge in [-0.2, -0.15) is 0 Å². The summed E-state index contributed by atoms with van der Waals surface area (Å²) in [6, 6.07) is 5.50. The van der Waals surface area contributed by atoms with Gasteiger partial charge in [0.05, 0.1) is 5.56 Å². The molecule has 0 aromatic heterocycles. The molecule has 2 N–H and O–H groups in total. The second-order valence-corrected chi connectivity index (χ2v) is 6.18. The van der Waals surface area contributed by atoms with Crippen LogP contribution in [0.25, 0.3) is 0 Å². The van der Waals surface area contributed by atoms with Gasteiger partial charge in [0.15, 0.2) is 6.61 Å². The van der Waals surface area contributed by atoms with E-state index in [2.05, 4.69) is 16.7 Å². The summed E-state index contributed by atoms with van der Waals surface area (Å²) in [5, 5.41) is 5.24. The van der Waals surface area contributed by atoms with Gasteiger partial charge in [0.25, 0.3) is 5.91 Å². The Balaban J connectivity index is 1.63. The second-order valence-electron chi connectivity index (χ2n) is 5.75. The number of esters is 1. The van der Waals surface area contributed by atoms with E-state index in [0.29, 0.717) is 11.6 Å². The van der Waals surface area contributed by atoms with Gasteiger partial charge in [-0.05, 0) is 56.4 Å². The molecule has 0 atom stereocenters. The summed E-state index contributed by atoms with van der Waals surface area (Å²) < 4.78 is 4.85. The van der Waals surface area contributed by atoms with Crippen LogP contribution in [-0.4, -0.2) is 31.1 Å². The molecule has 0 saturated heterocycles. The number of benzene rings is 1. The van der Waals surface area contributed by atoms with Crippen molar-refractivity contribution in [3.05, 3.63) is 46.5 Å². The minimum atomic E-state index is -0.684. The van der Waals surface area contributed by atoms with Crippen LogP contribution in [0, 0.1) is 0 Å². The standard InChI is InChI=1S/C18H21ClN2O4/c19-15-8-6-14(7-9-15)17(23)25-12-16(22)21-18(24)20-11-10-13-4-2-1-3-5-13/h4,6-9H,1-3,5,10-12H2,(H2,20,21,22,24). The smallest absolute Gasteiger partial charge is 0.338 e. The molecule has 134 valence electrons. The molecule has 2 rings (SSSR count). The summed E-state index contributed by atoms with van der Waals surface area (Å²) in [6.07, 6.45) is 7.58. The van der Waals surface area contributed by atoms with Crippen LogP contribution >= 0.6 is 11.6 Å². The van der Waals surface area contributed by atoms with Crippen molar-refractivity contribution in [2.24, 2.45) is 0 Å². The van der Waals surface area contributed by atoms with E-state index in [-0.39, 0.29) is 5.56 Å². The van der Waals surface area contributed by atoms with Crippen LogP contribution < -0.4 is 10.6 Å². The number of halogens is 1. The highest BCUT2D eigenvalue weighted by Gasteiger charge is 2.12. The molecular formula is C18H21ClN2O4. The number of amides is 3. The highest BCUT2D eigenvalue weighted by molar-refractivity contribution is 6.30. The van der Waals surface area contributed by atoms with Gasteiger partial charge in [-0.25, -0.2) is 9.59 Å². The molecule has 1 aliphatic rings. The Morgan fingerprint density at radius 2 is 1.88 bits per heavy atom. The Morgan fingerprint density at radius 1 is 1.12 bits per heavy atom. The molecule has 0 radical (unpaired) electrons. The zero-order valence-electron chi connectivity index (χ0n) is 13.8. The highest BCUT2D eigenvalue weighted by atomic mass is 35.5. The summed E-state index contributed by atoms with van der Waals surface area (Å²) in [4.78, 5) is 35.0. The third-order valence-electron chi connectivity index (χ3n) is 3.78. The number of allylic oxidation sites excluding steroid dienone is 1. The topological polar surface area (TPSA) is 84.5 Å². The van der Waals surface area contributed by atoms with Crippen LogP contribution in [0.5, 0.6) is 0 Å². The number of ether oxygens (including phenoxy) is 1. The van der Waals surface area contributed by atoms with Gasteiger partial charge in [-0.15, -0.1) is 0 Å². The molecule has 1 aromatic rings. The Labute approximate surface area is 151 Å². The molecular weight excluding hydrogens is 344 g/mol. The molecule has 0 fully saturated rings. The van der Waals surface area contributed by atoms with E-state index >= 15 is 0 Å². The van der Waals surface area contributed by atoms with E-state index in [0.717, 1.165) is 19.3 Å². The highest BCUT2D eigenvalue weighted by Crippen LogP contribution is 2.19. The maximum absolute atomic E-state index is 11.7. The van der Waals surface area contributed by atoms with Gasteiger partial charge in [-0.1, -0.05) is 23.3 Å². The third kappa shape index (κ3) is 6.97.